The average Bonchev–Trinajstić information content (AvgIpc) is 2.23. The second kappa shape index (κ2) is 2.70. The van der Waals surface area contributed by atoms with Gasteiger partial charge in [0, 0.05) is 10.8 Å². The van der Waals surface area contributed by atoms with Crippen molar-refractivity contribution in [2.75, 3.05) is 17.2 Å². The second-order valence-corrected chi connectivity index (χ2v) is 3.14. The van der Waals surface area contributed by atoms with Crippen molar-refractivity contribution >= 4 is 27.8 Å². The minimum atomic E-state index is -0.00713. The normalized spacial score (nSPS) is 10.6. The topological polar surface area (TPSA) is 98.3 Å². The third kappa shape index (κ3) is 0.939. The van der Waals surface area contributed by atoms with E-state index in [1.165, 1.54) is 0 Å². The first kappa shape index (κ1) is 8.50. The van der Waals surface area contributed by atoms with Crippen LogP contribution in [0, 0.1) is 0 Å². The predicted octanol–water partition coefficient (Wildman–Crippen LogP) is 1.29. The maximum Gasteiger partial charge on any atom is 0.148 e. The number of phenols is 1. The molecule has 0 radical (unpaired) electrons. The zero-order chi connectivity index (χ0) is 10.3. The van der Waals surface area contributed by atoms with Crippen LogP contribution < -0.4 is 17.2 Å². The fourth-order valence-corrected chi connectivity index (χ4v) is 1.49. The minimum Gasteiger partial charge on any atom is -0.505 e. The van der Waals surface area contributed by atoms with Crippen LogP contribution in [-0.4, -0.2) is 5.11 Å². The van der Waals surface area contributed by atoms with Gasteiger partial charge in [0.15, 0.2) is 0 Å². The molecule has 0 aromatic heterocycles. The highest BCUT2D eigenvalue weighted by atomic mass is 16.3. The first-order chi connectivity index (χ1) is 6.63. The van der Waals surface area contributed by atoms with Crippen molar-refractivity contribution in [1.82, 2.24) is 0 Å². The van der Waals surface area contributed by atoms with Gasteiger partial charge in [0.05, 0.1) is 11.4 Å². The summed E-state index contributed by atoms with van der Waals surface area (Å²) in [5.74, 6) is -0.00713. The SMILES string of the molecule is Nc1c(N)c(O)c2ccccc2c1N. The molecule has 7 N–H and O–H groups in total. The Labute approximate surface area is 80.9 Å². The summed E-state index contributed by atoms with van der Waals surface area (Å²) in [6.45, 7) is 0. The number of hydrogen-bond donors (Lipinski definition) is 4. The number of fused-ring (bicyclic) bond motifs is 1. The Balaban J connectivity index is 3.02. The molecule has 4 nitrogen and oxygen atoms in total. The molecule has 2 aromatic carbocycles. The lowest BCUT2D eigenvalue weighted by Crippen LogP contribution is -2.01. The lowest BCUT2D eigenvalue weighted by molar-refractivity contribution is 0.484. The van der Waals surface area contributed by atoms with Gasteiger partial charge < -0.3 is 22.3 Å². The van der Waals surface area contributed by atoms with Gasteiger partial charge in [0.25, 0.3) is 0 Å². The van der Waals surface area contributed by atoms with E-state index >= 15 is 0 Å². The quantitative estimate of drug-likeness (QED) is 0.285. The predicted molar refractivity (Wildman–Crippen MR) is 58.9 cm³/mol. The molecule has 0 saturated carbocycles. The summed E-state index contributed by atoms with van der Waals surface area (Å²) in [4.78, 5) is 0. The van der Waals surface area contributed by atoms with Crippen molar-refractivity contribution in [2.24, 2.45) is 0 Å². The summed E-state index contributed by atoms with van der Waals surface area (Å²) >= 11 is 0. The zero-order valence-electron chi connectivity index (χ0n) is 7.49. The number of nitrogens with two attached hydrogens (primary N) is 3. The number of phenolic OH excluding ortho intramolecular Hbond substituents is 1. The minimum absolute atomic E-state index is 0.00713. The molecule has 0 bridgehead atoms. The number of rotatable bonds is 0. The Morgan fingerprint density at radius 1 is 0.786 bits per heavy atom. The monoisotopic (exact) mass is 189 g/mol. The highest BCUT2D eigenvalue weighted by Crippen LogP contribution is 2.40. The van der Waals surface area contributed by atoms with E-state index in [-0.39, 0.29) is 17.1 Å². The van der Waals surface area contributed by atoms with Gasteiger partial charge in [0.2, 0.25) is 0 Å². The van der Waals surface area contributed by atoms with Gasteiger partial charge in [-0.3, -0.25) is 0 Å². The van der Waals surface area contributed by atoms with Crippen LogP contribution in [0.4, 0.5) is 17.1 Å². The fourth-order valence-electron chi connectivity index (χ4n) is 1.49. The van der Waals surface area contributed by atoms with E-state index in [0.717, 1.165) is 5.39 Å². The zero-order valence-corrected chi connectivity index (χ0v) is 7.49. The van der Waals surface area contributed by atoms with E-state index in [2.05, 4.69) is 0 Å². The van der Waals surface area contributed by atoms with Gasteiger partial charge in [-0.25, -0.2) is 0 Å². The molecule has 2 aromatic rings. The number of anilines is 3. The molecule has 0 heterocycles. The van der Waals surface area contributed by atoms with Crippen LogP contribution in [0.25, 0.3) is 10.8 Å². The van der Waals surface area contributed by atoms with E-state index in [1.54, 1.807) is 18.2 Å². The van der Waals surface area contributed by atoms with Crippen LogP contribution in [0.2, 0.25) is 0 Å². The van der Waals surface area contributed by atoms with Crippen LogP contribution in [0.5, 0.6) is 5.75 Å². The van der Waals surface area contributed by atoms with Crippen molar-refractivity contribution in [3.63, 3.8) is 0 Å². The standard InChI is InChI=1S/C10H11N3O/c11-7-5-3-1-2-4-6(5)10(14)9(13)8(7)12/h1-4,14H,11-13H2. The molecular weight excluding hydrogens is 178 g/mol. The Morgan fingerprint density at radius 2 is 1.36 bits per heavy atom. The van der Waals surface area contributed by atoms with E-state index in [1.807, 2.05) is 6.07 Å². The van der Waals surface area contributed by atoms with Gasteiger partial charge >= 0.3 is 0 Å². The summed E-state index contributed by atoms with van der Waals surface area (Å²) in [6.07, 6.45) is 0. The van der Waals surface area contributed by atoms with Crippen molar-refractivity contribution in [3.8, 4) is 5.75 Å². The van der Waals surface area contributed by atoms with Gasteiger partial charge in [0.1, 0.15) is 11.4 Å². The van der Waals surface area contributed by atoms with Crippen LogP contribution in [0.3, 0.4) is 0 Å². The molecule has 0 aliphatic rings. The van der Waals surface area contributed by atoms with Gasteiger partial charge in [-0.05, 0) is 0 Å². The summed E-state index contributed by atoms with van der Waals surface area (Å²) in [5, 5.41) is 11.0. The van der Waals surface area contributed by atoms with E-state index in [9.17, 15) is 5.11 Å². The van der Waals surface area contributed by atoms with Gasteiger partial charge in [-0.15, -0.1) is 0 Å². The molecular formula is C10H11N3O. The Morgan fingerprint density at radius 3 is 2.00 bits per heavy atom. The molecule has 0 atom stereocenters. The number of hydrogen-bond acceptors (Lipinski definition) is 4. The summed E-state index contributed by atoms with van der Waals surface area (Å²) in [7, 11) is 0. The van der Waals surface area contributed by atoms with Crippen molar-refractivity contribution < 1.29 is 5.11 Å². The van der Waals surface area contributed by atoms with Gasteiger partial charge in [-0.2, -0.15) is 0 Å². The largest absolute Gasteiger partial charge is 0.505 e. The maximum atomic E-state index is 9.70. The number of nitrogen functional groups attached to an aromatic ring is 3. The van der Waals surface area contributed by atoms with Gasteiger partial charge in [-0.1, -0.05) is 24.3 Å². The Kier molecular flexibility index (Phi) is 1.64. The Hall–Kier alpha value is -2.10. The third-order valence-corrected chi connectivity index (χ3v) is 2.31. The maximum absolute atomic E-state index is 9.70. The van der Waals surface area contributed by atoms with Crippen molar-refractivity contribution in [1.29, 1.82) is 0 Å². The second-order valence-electron chi connectivity index (χ2n) is 3.14. The molecule has 0 aliphatic heterocycles. The van der Waals surface area contributed by atoms with Crippen LogP contribution in [-0.2, 0) is 0 Å². The average molecular weight is 189 g/mol. The number of benzene rings is 2. The molecule has 4 heteroatoms. The first-order valence-corrected chi connectivity index (χ1v) is 4.17. The van der Waals surface area contributed by atoms with E-state index in [4.69, 9.17) is 17.2 Å². The van der Waals surface area contributed by atoms with Crippen molar-refractivity contribution in [2.45, 2.75) is 0 Å². The fraction of sp³-hybridized carbons (Fsp3) is 0. The molecule has 0 aliphatic carbocycles. The molecule has 0 amide bonds. The number of aromatic hydroxyl groups is 1. The molecule has 2 rings (SSSR count). The van der Waals surface area contributed by atoms with Crippen LogP contribution >= 0.6 is 0 Å². The highest BCUT2D eigenvalue weighted by Gasteiger charge is 2.11. The molecule has 72 valence electrons. The van der Waals surface area contributed by atoms with Crippen LogP contribution in [0.1, 0.15) is 0 Å². The lowest BCUT2D eigenvalue weighted by Gasteiger charge is -2.10. The third-order valence-electron chi connectivity index (χ3n) is 2.31. The Bertz CT molecular complexity index is 462. The summed E-state index contributed by atoms with van der Waals surface area (Å²) < 4.78 is 0. The lowest BCUT2D eigenvalue weighted by atomic mass is 10.0. The molecule has 0 spiro atoms. The van der Waals surface area contributed by atoms with Crippen LogP contribution in [0.15, 0.2) is 24.3 Å². The molecule has 0 saturated heterocycles. The molecule has 0 fully saturated rings. The smallest absolute Gasteiger partial charge is 0.148 e. The van der Waals surface area contributed by atoms with E-state index in [0.29, 0.717) is 11.1 Å². The molecule has 14 heavy (non-hydrogen) atoms. The van der Waals surface area contributed by atoms with Crippen molar-refractivity contribution in [3.05, 3.63) is 24.3 Å². The highest BCUT2D eigenvalue weighted by molar-refractivity contribution is 6.07. The summed E-state index contributed by atoms with van der Waals surface area (Å²) in [5.41, 5.74) is 17.8. The first-order valence-electron chi connectivity index (χ1n) is 4.17. The van der Waals surface area contributed by atoms with E-state index < -0.39 is 0 Å². The summed E-state index contributed by atoms with van der Waals surface area (Å²) in [6, 6.07) is 7.17. The molecule has 0 unspecified atom stereocenters.